The van der Waals surface area contributed by atoms with Gasteiger partial charge in [-0.15, -0.1) is 0 Å². The summed E-state index contributed by atoms with van der Waals surface area (Å²) in [6.07, 6.45) is 7.17. The van der Waals surface area contributed by atoms with Crippen LogP contribution >= 0.6 is 0 Å². The van der Waals surface area contributed by atoms with E-state index in [0.717, 1.165) is 29.9 Å². The summed E-state index contributed by atoms with van der Waals surface area (Å²) in [6, 6.07) is 5.86. The first-order valence-electron chi connectivity index (χ1n) is 7.74. The van der Waals surface area contributed by atoms with Crippen LogP contribution in [-0.2, 0) is 11.3 Å². The summed E-state index contributed by atoms with van der Waals surface area (Å²) in [6.45, 7) is 1.18. The average molecular weight is 293 g/mol. The van der Waals surface area contributed by atoms with Crippen LogP contribution < -0.4 is 15.2 Å². The number of benzene rings is 1. The van der Waals surface area contributed by atoms with Gasteiger partial charge >= 0.3 is 0 Å². The molecule has 1 saturated carbocycles. The fourth-order valence-electron chi connectivity index (χ4n) is 2.92. The lowest BCUT2D eigenvalue weighted by Gasteiger charge is -2.27. The molecule has 0 bridgehead atoms. The number of hydrogen-bond donors (Lipinski definition) is 1. The van der Waals surface area contributed by atoms with Crippen LogP contribution in [0, 0.1) is 0 Å². The van der Waals surface area contributed by atoms with Gasteiger partial charge in [0.05, 0.1) is 27.4 Å². The van der Waals surface area contributed by atoms with Crippen molar-refractivity contribution in [3.8, 4) is 11.5 Å². The minimum Gasteiger partial charge on any atom is -0.493 e. The Morgan fingerprint density at radius 3 is 2.29 bits per heavy atom. The Balaban J connectivity index is 1.88. The molecule has 0 aromatic heterocycles. The van der Waals surface area contributed by atoms with Crippen molar-refractivity contribution in [1.82, 2.24) is 0 Å². The Bertz CT molecular complexity index is 440. The Kier molecular flexibility index (Phi) is 5.88. The van der Waals surface area contributed by atoms with Gasteiger partial charge in [0.2, 0.25) is 0 Å². The molecule has 0 aliphatic heterocycles. The van der Waals surface area contributed by atoms with Gasteiger partial charge in [0.25, 0.3) is 0 Å². The van der Waals surface area contributed by atoms with Crippen LogP contribution in [0.3, 0.4) is 0 Å². The first kappa shape index (κ1) is 16.1. The van der Waals surface area contributed by atoms with Crippen molar-refractivity contribution in [3.63, 3.8) is 0 Å². The number of hydrogen-bond acceptors (Lipinski definition) is 4. The second-order valence-electron chi connectivity index (χ2n) is 5.96. The molecule has 0 unspecified atom stereocenters. The van der Waals surface area contributed by atoms with Gasteiger partial charge in [0.1, 0.15) is 0 Å². The van der Waals surface area contributed by atoms with E-state index >= 15 is 0 Å². The zero-order valence-corrected chi connectivity index (χ0v) is 13.2. The highest BCUT2D eigenvalue weighted by molar-refractivity contribution is 5.42. The lowest BCUT2D eigenvalue weighted by molar-refractivity contribution is 0.0666. The van der Waals surface area contributed by atoms with Gasteiger partial charge < -0.3 is 19.9 Å². The van der Waals surface area contributed by atoms with Crippen LogP contribution in [0.1, 0.15) is 44.1 Å². The van der Waals surface area contributed by atoms with Crippen LogP contribution in [0.5, 0.6) is 11.5 Å². The van der Waals surface area contributed by atoms with Gasteiger partial charge in [-0.25, -0.2) is 0 Å². The molecule has 0 saturated heterocycles. The maximum Gasteiger partial charge on any atom is 0.161 e. The summed E-state index contributed by atoms with van der Waals surface area (Å²) in [5, 5.41) is 0. The maximum absolute atomic E-state index is 6.46. The molecule has 0 radical (unpaired) electrons. The zero-order valence-electron chi connectivity index (χ0n) is 13.2. The van der Waals surface area contributed by atoms with Crippen LogP contribution in [0.15, 0.2) is 18.2 Å². The third kappa shape index (κ3) is 4.61. The van der Waals surface area contributed by atoms with Crippen molar-refractivity contribution < 1.29 is 14.2 Å². The molecule has 1 aromatic rings. The molecule has 0 amide bonds. The molecule has 1 aliphatic carbocycles. The minimum absolute atomic E-state index is 0.146. The van der Waals surface area contributed by atoms with Crippen molar-refractivity contribution in [3.05, 3.63) is 23.8 Å². The second kappa shape index (κ2) is 7.66. The predicted molar refractivity (Wildman–Crippen MR) is 83.8 cm³/mol. The van der Waals surface area contributed by atoms with Crippen LogP contribution in [0.25, 0.3) is 0 Å². The molecule has 1 aliphatic rings. The molecule has 1 fully saturated rings. The van der Waals surface area contributed by atoms with E-state index in [2.05, 4.69) is 0 Å². The molecule has 1 aromatic carbocycles. The predicted octanol–water partition coefficient (Wildman–Crippen LogP) is 3.27. The summed E-state index contributed by atoms with van der Waals surface area (Å²) in [5.74, 6) is 1.47. The second-order valence-corrected chi connectivity index (χ2v) is 5.96. The van der Waals surface area contributed by atoms with Gasteiger partial charge in [-0.2, -0.15) is 0 Å². The van der Waals surface area contributed by atoms with Crippen LogP contribution in [0.4, 0.5) is 0 Å². The van der Waals surface area contributed by atoms with Crippen molar-refractivity contribution in [2.75, 3.05) is 20.8 Å². The first-order chi connectivity index (χ1) is 10.2. The Morgan fingerprint density at radius 2 is 1.67 bits per heavy atom. The number of nitrogens with two attached hydrogens (primary N) is 1. The normalized spacial score (nSPS) is 18.0. The highest BCUT2D eigenvalue weighted by atomic mass is 16.5. The molecule has 0 atom stereocenters. The van der Waals surface area contributed by atoms with Crippen molar-refractivity contribution >= 4 is 0 Å². The van der Waals surface area contributed by atoms with Gasteiger partial charge in [-0.05, 0) is 30.5 Å². The molecule has 0 spiro atoms. The fourth-order valence-corrected chi connectivity index (χ4v) is 2.92. The lowest BCUT2D eigenvalue weighted by Crippen LogP contribution is -2.43. The molecule has 21 heavy (non-hydrogen) atoms. The zero-order chi connectivity index (χ0) is 15.1. The fraction of sp³-hybridized carbons (Fsp3) is 0.647. The van der Waals surface area contributed by atoms with Gasteiger partial charge in [-0.3, -0.25) is 0 Å². The molecule has 2 N–H and O–H groups in total. The Hall–Kier alpha value is -1.26. The minimum atomic E-state index is -0.146. The Morgan fingerprint density at radius 1 is 1.00 bits per heavy atom. The van der Waals surface area contributed by atoms with E-state index in [-0.39, 0.29) is 5.54 Å². The SMILES string of the molecule is COc1ccc(COCC2(N)CCCCCC2)cc1OC. The summed E-state index contributed by atoms with van der Waals surface area (Å²) in [4.78, 5) is 0. The summed E-state index contributed by atoms with van der Waals surface area (Å²) < 4.78 is 16.4. The highest BCUT2D eigenvalue weighted by Gasteiger charge is 2.26. The molecule has 4 heteroatoms. The first-order valence-corrected chi connectivity index (χ1v) is 7.74. The monoisotopic (exact) mass is 293 g/mol. The summed E-state index contributed by atoms with van der Waals surface area (Å²) in [7, 11) is 3.28. The standard InChI is InChI=1S/C17H27NO3/c1-19-15-8-7-14(11-16(15)20-2)12-21-13-17(18)9-5-3-4-6-10-17/h7-8,11H,3-6,9-10,12-13,18H2,1-2H3. The number of rotatable bonds is 6. The smallest absolute Gasteiger partial charge is 0.161 e. The van der Waals surface area contributed by atoms with Crippen molar-refractivity contribution in [2.24, 2.45) is 5.73 Å². The number of methoxy groups -OCH3 is 2. The van der Waals surface area contributed by atoms with E-state index in [1.165, 1.54) is 25.7 Å². The largest absolute Gasteiger partial charge is 0.493 e. The van der Waals surface area contributed by atoms with E-state index in [4.69, 9.17) is 19.9 Å². The third-order valence-corrected chi connectivity index (χ3v) is 4.21. The molecule has 4 nitrogen and oxygen atoms in total. The van der Waals surface area contributed by atoms with Gasteiger partial charge in [-0.1, -0.05) is 31.7 Å². The third-order valence-electron chi connectivity index (χ3n) is 4.21. The lowest BCUT2D eigenvalue weighted by atomic mass is 9.92. The van der Waals surface area contributed by atoms with E-state index < -0.39 is 0 Å². The van der Waals surface area contributed by atoms with Gasteiger partial charge in [0, 0.05) is 5.54 Å². The molecule has 118 valence electrons. The highest BCUT2D eigenvalue weighted by Crippen LogP contribution is 2.28. The number of ether oxygens (including phenoxy) is 3. The molecular formula is C17H27NO3. The van der Waals surface area contributed by atoms with Crippen molar-refractivity contribution in [2.45, 2.75) is 50.7 Å². The topological polar surface area (TPSA) is 53.7 Å². The summed E-state index contributed by atoms with van der Waals surface area (Å²) in [5.41, 5.74) is 7.38. The van der Waals surface area contributed by atoms with Gasteiger partial charge in [0.15, 0.2) is 11.5 Å². The molecular weight excluding hydrogens is 266 g/mol. The average Bonchev–Trinajstić information content (AvgIpc) is 2.72. The summed E-state index contributed by atoms with van der Waals surface area (Å²) >= 11 is 0. The van der Waals surface area contributed by atoms with E-state index in [0.29, 0.717) is 13.2 Å². The van der Waals surface area contributed by atoms with Crippen molar-refractivity contribution in [1.29, 1.82) is 0 Å². The molecule has 2 rings (SSSR count). The van der Waals surface area contributed by atoms with E-state index in [1.807, 2.05) is 18.2 Å². The molecule has 0 heterocycles. The quantitative estimate of drug-likeness (QED) is 0.818. The van der Waals surface area contributed by atoms with Crippen LogP contribution in [-0.4, -0.2) is 26.4 Å². The van der Waals surface area contributed by atoms with E-state index in [9.17, 15) is 0 Å². The van der Waals surface area contributed by atoms with E-state index in [1.54, 1.807) is 14.2 Å². The Labute approximate surface area is 127 Å². The van der Waals surface area contributed by atoms with Crippen LogP contribution in [0.2, 0.25) is 0 Å². The maximum atomic E-state index is 6.46.